The van der Waals surface area contributed by atoms with E-state index in [0.717, 1.165) is 6.07 Å². The Morgan fingerprint density at radius 3 is 2.20 bits per heavy atom. The average Bonchev–Trinajstić information content (AvgIpc) is 3.13. The van der Waals surface area contributed by atoms with Crippen molar-refractivity contribution in [3.8, 4) is 5.75 Å². The summed E-state index contributed by atoms with van der Waals surface area (Å²) in [6.07, 6.45) is -1.07. The van der Waals surface area contributed by atoms with Crippen LogP contribution in [0.1, 0.15) is 11.1 Å². The van der Waals surface area contributed by atoms with Gasteiger partial charge in [-0.15, -0.1) is 0 Å². The minimum Gasteiger partial charge on any atom is -0.496 e. The van der Waals surface area contributed by atoms with Crippen molar-refractivity contribution in [1.82, 2.24) is 4.98 Å². The molecular weight excluding hydrogens is 395 g/mol. The van der Waals surface area contributed by atoms with Crippen molar-refractivity contribution >= 4 is 17.4 Å². The van der Waals surface area contributed by atoms with Gasteiger partial charge in [-0.1, -0.05) is 24.3 Å². The summed E-state index contributed by atoms with van der Waals surface area (Å²) >= 11 is 0. The highest BCUT2D eigenvalue weighted by molar-refractivity contribution is 6.03. The Labute approximate surface area is 170 Å². The molecule has 0 spiro atoms. The summed E-state index contributed by atoms with van der Waals surface area (Å²) in [5.74, 6) is -0.238. The summed E-state index contributed by atoms with van der Waals surface area (Å²) in [4.78, 5) is 17.5. The monoisotopic (exact) mass is 413 g/mol. The molecule has 2 heterocycles. The Bertz CT molecular complexity index is 1130. The molecule has 0 saturated carbocycles. The predicted molar refractivity (Wildman–Crippen MR) is 106 cm³/mol. The summed E-state index contributed by atoms with van der Waals surface area (Å²) in [7, 11) is 1.19. The average molecular weight is 413 g/mol. The lowest BCUT2D eigenvalue weighted by atomic mass is 10.1. The summed E-state index contributed by atoms with van der Waals surface area (Å²) in [6.45, 7) is 0.302. The molecule has 0 radical (unpaired) electrons. The fraction of sp³-hybridized carbons (Fsp3) is 0.182. The fourth-order valence-corrected chi connectivity index (χ4v) is 3.30. The quantitative estimate of drug-likeness (QED) is 0.504. The summed E-state index contributed by atoms with van der Waals surface area (Å²) in [6, 6.07) is 13.5. The lowest BCUT2D eigenvalue weighted by molar-refractivity contribution is -0.138. The van der Waals surface area contributed by atoms with E-state index in [-0.39, 0.29) is 11.4 Å². The van der Waals surface area contributed by atoms with Crippen LogP contribution in [0.25, 0.3) is 0 Å². The van der Waals surface area contributed by atoms with Gasteiger partial charge in [-0.05, 0) is 46.7 Å². The van der Waals surface area contributed by atoms with Gasteiger partial charge in [-0.3, -0.25) is 9.88 Å². The van der Waals surface area contributed by atoms with Gasteiger partial charge in [-0.25, -0.2) is 4.79 Å². The molecule has 0 saturated heterocycles. The molecule has 0 unspecified atom stereocenters. The molecule has 5 rings (SSSR count). The topological polar surface area (TPSA) is 54.5 Å². The number of alkyl halides is 3. The maximum atomic E-state index is 13.2. The number of rotatable bonds is 2. The number of benzene rings is 2. The maximum Gasteiger partial charge on any atom is 0.420 e. The molecule has 0 atom stereocenters. The summed E-state index contributed by atoms with van der Waals surface area (Å²) in [5.41, 5.74) is 0.514. The number of carbonyl (C=O) groups is 1. The Kier molecular flexibility index (Phi) is 5.07. The first-order valence-electron chi connectivity index (χ1n) is 9.24. The molecule has 2 amide bonds. The van der Waals surface area contributed by atoms with Crippen molar-refractivity contribution < 1.29 is 22.7 Å². The van der Waals surface area contributed by atoms with E-state index in [2.05, 4.69) is 34.6 Å². The number of aromatic nitrogens is 1. The van der Waals surface area contributed by atoms with E-state index >= 15 is 0 Å². The lowest BCUT2D eigenvalue weighted by Crippen LogP contribution is -2.33. The smallest absolute Gasteiger partial charge is 0.420 e. The molecule has 2 aromatic rings. The van der Waals surface area contributed by atoms with Crippen molar-refractivity contribution in [2.24, 2.45) is 0 Å². The third-order valence-electron chi connectivity index (χ3n) is 5.00. The largest absolute Gasteiger partial charge is 0.496 e. The van der Waals surface area contributed by atoms with E-state index in [1.165, 1.54) is 40.9 Å². The number of methoxy groups -OCH3 is 1. The summed E-state index contributed by atoms with van der Waals surface area (Å²) in [5, 5.41) is 5.50. The molecule has 1 aliphatic heterocycles. The molecule has 1 N–H and O–H groups in total. The van der Waals surface area contributed by atoms with Gasteiger partial charge in [0.25, 0.3) is 0 Å². The van der Waals surface area contributed by atoms with Crippen LogP contribution in [0, 0.1) is 10.4 Å². The maximum absolute atomic E-state index is 13.2. The van der Waals surface area contributed by atoms with E-state index in [0.29, 0.717) is 24.2 Å². The van der Waals surface area contributed by atoms with Crippen LogP contribution in [0.4, 0.5) is 29.3 Å². The van der Waals surface area contributed by atoms with Gasteiger partial charge >= 0.3 is 12.2 Å². The number of hydrogen-bond acceptors (Lipinski definition) is 3. The van der Waals surface area contributed by atoms with Crippen LogP contribution < -0.4 is 15.0 Å². The molecule has 30 heavy (non-hydrogen) atoms. The first-order chi connectivity index (χ1) is 14.4. The second-order valence-electron chi connectivity index (χ2n) is 6.82. The van der Waals surface area contributed by atoms with Crippen LogP contribution in [0.15, 0.2) is 60.9 Å². The number of urea groups is 1. The zero-order valence-corrected chi connectivity index (χ0v) is 16.0. The van der Waals surface area contributed by atoms with Crippen LogP contribution in [0.3, 0.4) is 0 Å². The van der Waals surface area contributed by atoms with Gasteiger partial charge in [0.15, 0.2) is 0 Å². The van der Waals surface area contributed by atoms with Crippen molar-refractivity contribution in [2.75, 3.05) is 23.9 Å². The second-order valence-corrected chi connectivity index (χ2v) is 6.82. The highest BCUT2D eigenvalue weighted by atomic mass is 19.4. The molecular formula is C22H18F3N3O2. The molecule has 2 aliphatic carbocycles. The number of halogens is 3. The van der Waals surface area contributed by atoms with Gasteiger partial charge in [0.2, 0.25) is 0 Å². The number of amides is 2. The number of fused-ring (bicyclic) bond motifs is 1. The van der Waals surface area contributed by atoms with E-state index in [1.54, 1.807) is 12.1 Å². The zero-order chi connectivity index (χ0) is 21.3. The molecule has 8 heteroatoms. The van der Waals surface area contributed by atoms with Crippen LogP contribution in [-0.2, 0) is 12.6 Å². The van der Waals surface area contributed by atoms with E-state index < -0.39 is 17.8 Å². The number of nitrogens with one attached hydrogen (secondary N) is 1. The minimum atomic E-state index is -4.56. The molecule has 0 bridgehead atoms. The summed E-state index contributed by atoms with van der Waals surface area (Å²) < 4.78 is 44.4. The number of ether oxygens (including phenoxy) is 1. The van der Waals surface area contributed by atoms with Gasteiger partial charge in [0, 0.05) is 30.3 Å². The van der Waals surface area contributed by atoms with Crippen molar-refractivity contribution in [1.29, 1.82) is 0 Å². The van der Waals surface area contributed by atoms with E-state index in [4.69, 9.17) is 4.74 Å². The van der Waals surface area contributed by atoms with Crippen LogP contribution in [-0.4, -0.2) is 24.7 Å². The van der Waals surface area contributed by atoms with Crippen LogP contribution >= 0.6 is 0 Å². The zero-order valence-electron chi connectivity index (χ0n) is 16.0. The molecule has 1 aromatic carbocycles. The van der Waals surface area contributed by atoms with Gasteiger partial charge in [0.05, 0.1) is 12.7 Å². The molecule has 1 aromatic heterocycles. The number of nitrogens with zero attached hydrogens (tertiary/aromatic N) is 2. The normalized spacial score (nSPS) is 13.1. The third-order valence-corrected chi connectivity index (χ3v) is 5.00. The van der Waals surface area contributed by atoms with Crippen molar-refractivity contribution in [3.05, 3.63) is 82.5 Å². The van der Waals surface area contributed by atoms with Gasteiger partial charge in [0.1, 0.15) is 5.75 Å². The first-order valence-corrected chi connectivity index (χ1v) is 9.24. The fourth-order valence-electron chi connectivity index (χ4n) is 3.30. The number of anilines is 2. The standard InChI is InChI=1S/C16H14F3N3O2.C6H4/c1-24-14-8-10-4-7-22(13(10)9-12(14)16(17,18)19)15(23)21-11-2-5-20-6-3-11;1-2-6-4-3-5(1)6/h2-3,5-6,8-9H,4,7H2,1H3,(H,20,21,23);1-4H. The number of pyridine rings is 1. The van der Waals surface area contributed by atoms with Gasteiger partial charge < -0.3 is 10.1 Å². The highest BCUT2D eigenvalue weighted by Gasteiger charge is 2.37. The van der Waals surface area contributed by atoms with Gasteiger partial charge in [-0.2, -0.15) is 13.2 Å². The van der Waals surface area contributed by atoms with E-state index in [9.17, 15) is 18.0 Å². The Balaban J connectivity index is 0.000000305. The number of hydrogen-bond donors (Lipinski definition) is 1. The SMILES string of the molecule is COc1cc2c(cc1C(F)(F)F)N(C(=O)Nc1ccncc1)CC2.c1cc2ccc1=2. The van der Waals surface area contributed by atoms with Crippen LogP contribution in [0.2, 0.25) is 0 Å². The third kappa shape index (κ3) is 3.80. The Morgan fingerprint density at radius 1 is 1.07 bits per heavy atom. The molecule has 0 fully saturated rings. The van der Waals surface area contributed by atoms with Crippen molar-refractivity contribution in [2.45, 2.75) is 12.6 Å². The first kappa shape index (κ1) is 19.8. The Hall–Kier alpha value is -3.55. The van der Waals surface area contributed by atoms with E-state index in [1.807, 2.05) is 0 Å². The number of carbonyl (C=O) groups excluding carboxylic acids is 1. The Morgan fingerprint density at radius 2 is 1.70 bits per heavy atom. The predicted octanol–water partition coefficient (Wildman–Crippen LogP) is 4.99. The second kappa shape index (κ2) is 7.70. The molecule has 3 aliphatic rings. The molecule has 5 nitrogen and oxygen atoms in total. The molecule has 154 valence electrons. The van der Waals surface area contributed by atoms with Crippen LogP contribution in [0.5, 0.6) is 5.75 Å². The lowest BCUT2D eigenvalue weighted by Gasteiger charge is -2.20. The minimum absolute atomic E-state index is 0.238. The van der Waals surface area contributed by atoms with Crippen molar-refractivity contribution in [3.63, 3.8) is 0 Å². The highest BCUT2D eigenvalue weighted by Crippen LogP contribution is 2.42.